The molecule has 4 nitrogen and oxygen atoms in total. The van der Waals surface area contributed by atoms with Crippen LogP contribution in [0, 0.1) is 6.92 Å². The minimum absolute atomic E-state index is 0.0517. The Labute approximate surface area is 142 Å². The highest BCUT2D eigenvalue weighted by Gasteiger charge is 2.34. The lowest BCUT2D eigenvalue weighted by Crippen LogP contribution is -2.27. The standard InChI is InChI=1S/C16H16ClF3N2O2/c1-9-6-14(23)12(17)7-15(9)24-8-10-11(16(18,19)20)4-3-5-13(10)22(2)21/h3-7,23H,8,21H2,1-2H3. The molecule has 0 heterocycles. The topological polar surface area (TPSA) is 58.7 Å². The van der Waals surface area contributed by atoms with Crippen molar-refractivity contribution < 1.29 is 23.0 Å². The molecule has 0 aliphatic carbocycles. The van der Waals surface area contributed by atoms with Gasteiger partial charge in [-0.25, -0.2) is 5.84 Å². The summed E-state index contributed by atoms with van der Waals surface area (Å²) in [6, 6.07) is 6.47. The number of hydrazine groups is 1. The molecule has 130 valence electrons. The molecule has 2 aromatic carbocycles. The summed E-state index contributed by atoms with van der Waals surface area (Å²) in [4.78, 5) is 0. The summed E-state index contributed by atoms with van der Waals surface area (Å²) in [6.07, 6.45) is -4.54. The van der Waals surface area contributed by atoms with Crippen LogP contribution in [0.1, 0.15) is 16.7 Å². The first kappa shape index (κ1) is 18.2. The van der Waals surface area contributed by atoms with Gasteiger partial charge in [0.1, 0.15) is 18.1 Å². The van der Waals surface area contributed by atoms with Gasteiger partial charge in [0.05, 0.1) is 16.3 Å². The highest BCUT2D eigenvalue weighted by molar-refractivity contribution is 6.32. The Hall–Kier alpha value is -2.12. The molecular formula is C16H16ClF3N2O2. The SMILES string of the molecule is Cc1cc(O)c(Cl)cc1OCc1c(N(C)N)cccc1C(F)(F)F. The fourth-order valence-electron chi connectivity index (χ4n) is 2.28. The van der Waals surface area contributed by atoms with Gasteiger partial charge in [0, 0.05) is 18.7 Å². The first-order valence-corrected chi connectivity index (χ1v) is 7.28. The third kappa shape index (κ3) is 3.85. The van der Waals surface area contributed by atoms with E-state index in [1.807, 2.05) is 0 Å². The number of rotatable bonds is 4. The largest absolute Gasteiger partial charge is 0.506 e. The Bertz CT molecular complexity index is 749. The van der Waals surface area contributed by atoms with E-state index in [1.165, 1.54) is 31.3 Å². The van der Waals surface area contributed by atoms with Gasteiger partial charge in [0.25, 0.3) is 0 Å². The predicted molar refractivity (Wildman–Crippen MR) is 86.2 cm³/mol. The van der Waals surface area contributed by atoms with E-state index in [4.69, 9.17) is 22.2 Å². The molecule has 0 bridgehead atoms. The Morgan fingerprint density at radius 1 is 1.29 bits per heavy atom. The van der Waals surface area contributed by atoms with Gasteiger partial charge in [-0.15, -0.1) is 0 Å². The van der Waals surface area contributed by atoms with Crippen LogP contribution in [0.25, 0.3) is 0 Å². The first-order valence-electron chi connectivity index (χ1n) is 6.90. The fraction of sp³-hybridized carbons (Fsp3) is 0.250. The van der Waals surface area contributed by atoms with Crippen LogP contribution in [0.5, 0.6) is 11.5 Å². The summed E-state index contributed by atoms with van der Waals surface area (Å²) >= 11 is 5.81. The summed E-state index contributed by atoms with van der Waals surface area (Å²) in [5, 5.41) is 10.7. The van der Waals surface area contributed by atoms with Gasteiger partial charge < -0.3 is 14.9 Å². The highest BCUT2D eigenvalue weighted by atomic mass is 35.5. The molecule has 2 rings (SSSR count). The fourth-order valence-corrected chi connectivity index (χ4v) is 2.43. The van der Waals surface area contributed by atoms with Crippen LogP contribution in [-0.2, 0) is 12.8 Å². The third-order valence-corrected chi connectivity index (χ3v) is 3.76. The number of ether oxygens (including phenoxy) is 1. The Kier molecular flexibility index (Phi) is 5.15. The van der Waals surface area contributed by atoms with Crippen molar-refractivity contribution in [1.82, 2.24) is 0 Å². The molecule has 8 heteroatoms. The van der Waals surface area contributed by atoms with Gasteiger partial charge in [0.2, 0.25) is 0 Å². The van der Waals surface area contributed by atoms with Crippen LogP contribution in [0.2, 0.25) is 5.02 Å². The molecule has 0 spiro atoms. The van der Waals surface area contributed by atoms with Crippen LogP contribution in [0.4, 0.5) is 18.9 Å². The van der Waals surface area contributed by atoms with E-state index in [0.29, 0.717) is 5.56 Å². The second kappa shape index (κ2) is 6.78. The van der Waals surface area contributed by atoms with Gasteiger partial charge in [-0.2, -0.15) is 13.2 Å². The zero-order chi connectivity index (χ0) is 18.1. The van der Waals surface area contributed by atoms with Gasteiger partial charge in [-0.05, 0) is 30.7 Å². The summed E-state index contributed by atoms with van der Waals surface area (Å²) in [5.41, 5.74) is -0.158. The van der Waals surface area contributed by atoms with Crippen LogP contribution in [0.3, 0.4) is 0 Å². The van der Waals surface area contributed by atoms with Crippen LogP contribution in [0.15, 0.2) is 30.3 Å². The van der Waals surface area contributed by atoms with E-state index >= 15 is 0 Å². The van der Waals surface area contributed by atoms with Crippen molar-refractivity contribution in [3.8, 4) is 11.5 Å². The molecule has 0 fully saturated rings. The lowest BCUT2D eigenvalue weighted by Gasteiger charge is -2.22. The zero-order valence-corrected chi connectivity index (χ0v) is 13.7. The van der Waals surface area contributed by atoms with E-state index in [0.717, 1.165) is 11.1 Å². The number of nitrogens with zero attached hydrogens (tertiary/aromatic N) is 1. The molecule has 0 aromatic heterocycles. The van der Waals surface area contributed by atoms with E-state index in [-0.39, 0.29) is 34.4 Å². The maximum absolute atomic E-state index is 13.2. The Morgan fingerprint density at radius 3 is 2.54 bits per heavy atom. The second-order valence-electron chi connectivity index (χ2n) is 5.27. The van der Waals surface area contributed by atoms with Crippen molar-refractivity contribution in [2.24, 2.45) is 5.84 Å². The normalized spacial score (nSPS) is 11.5. The number of hydrogen-bond donors (Lipinski definition) is 2. The molecule has 2 aromatic rings. The number of phenolic OH excluding ortho intramolecular Hbond substituents is 1. The summed E-state index contributed by atoms with van der Waals surface area (Å²) in [5.74, 6) is 5.78. The smallest absolute Gasteiger partial charge is 0.416 e. The van der Waals surface area contributed by atoms with Gasteiger partial charge in [-0.1, -0.05) is 17.7 Å². The molecule has 0 saturated heterocycles. The number of halogens is 4. The molecule has 0 aliphatic rings. The number of aromatic hydroxyl groups is 1. The highest BCUT2D eigenvalue weighted by Crippen LogP contribution is 2.37. The molecule has 0 radical (unpaired) electrons. The summed E-state index contributed by atoms with van der Waals surface area (Å²) < 4.78 is 45.2. The molecular weight excluding hydrogens is 345 g/mol. The number of benzene rings is 2. The third-order valence-electron chi connectivity index (χ3n) is 3.45. The molecule has 0 unspecified atom stereocenters. The lowest BCUT2D eigenvalue weighted by atomic mass is 10.0. The minimum Gasteiger partial charge on any atom is -0.506 e. The lowest BCUT2D eigenvalue weighted by molar-refractivity contribution is -0.138. The first-order chi connectivity index (χ1) is 11.1. The van der Waals surface area contributed by atoms with E-state index in [9.17, 15) is 18.3 Å². The zero-order valence-electron chi connectivity index (χ0n) is 13.0. The number of aryl methyl sites for hydroxylation is 1. The summed E-state index contributed by atoms with van der Waals surface area (Å²) in [7, 11) is 1.45. The van der Waals surface area contributed by atoms with E-state index < -0.39 is 11.7 Å². The summed E-state index contributed by atoms with van der Waals surface area (Å²) in [6.45, 7) is 1.30. The minimum atomic E-state index is -4.54. The second-order valence-corrected chi connectivity index (χ2v) is 5.68. The number of anilines is 1. The van der Waals surface area contributed by atoms with Crippen molar-refractivity contribution in [1.29, 1.82) is 0 Å². The molecule has 0 aliphatic heterocycles. The number of alkyl halides is 3. The van der Waals surface area contributed by atoms with Crippen LogP contribution < -0.4 is 15.6 Å². The monoisotopic (exact) mass is 360 g/mol. The predicted octanol–water partition coefficient (Wildman–Crippen LogP) is 4.26. The number of nitrogens with two attached hydrogens (primary N) is 1. The number of phenols is 1. The van der Waals surface area contributed by atoms with E-state index in [2.05, 4.69) is 0 Å². The maximum atomic E-state index is 13.2. The molecule has 0 amide bonds. The Balaban J connectivity index is 2.40. The molecule has 24 heavy (non-hydrogen) atoms. The average Bonchev–Trinajstić information content (AvgIpc) is 2.48. The van der Waals surface area contributed by atoms with Crippen molar-refractivity contribution >= 4 is 17.3 Å². The van der Waals surface area contributed by atoms with Crippen molar-refractivity contribution in [3.63, 3.8) is 0 Å². The van der Waals surface area contributed by atoms with Gasteiger partial charge in [-0.3, -0.25) is 0 Å². The van der Waals surface area contributed by atoms with Crippen LogP contribution >= 0.6 is 11.6 Å². The van der Waals surface area contributed by atoms with Crippen LogP contribution in [-0.4, -0.2) is 12.2 Å². The van der Waals surface area contributed by atoms with Crippen molar-refractivity contribution in [2.75, 3.05) is 12.1 Å². The van der Waals surface area contributed by atoms with Gasteiger partial charge >= 0.3 is 6.18 Å². The molecule has 3 N–H and O–H groups in total. The van der Waals surface area contributed by atoms with Gasteiger partial charge in [0.15, 0.2) is 0 Å². The average molecular weight is 361 g/mol. The maximum Gasteiger partial charge on any atom is 0.416 e. The number of hydrogen-bond acceptors (Lipinski definition) is 4. The molecule has 0 atom stereocenters. The quantitative estimate of drug-likeness (QED) is 0.631. The van der Waals surface area contributed by atoms with Crippen molar-refractivity contribution in [2.45, 2.75) is 19.7 Å². The molecule has 0 saturated carbocycles. The van der Waals surface area contributed by atoms with Crippen molar-refractivity contribution in [3.05, 3.63) is 52.0 Å². The Morgan fingerprint density at radius 2 is 1.96 bits per heavy atom. The van der Waals surface area contributed by atoms with E-state index in [1.54, 1.807) is 6.92 Å².